The maximum Gasteiger partial charge on any atom is 0.328 e. The van der Waals surface area contributed by atoms with E-state index >= 15 is 0 Å². The van der Waals surface area contributed by atoms with E-state index in [1.165, 1.54) is 45.6 Å². The van der Waals surface area contributed by atoms with Gasteiger partial charge in [-0.1, -0.05) is 25.7 Å². The van der Waals surface area contributed by atoms with Crippen molar-refractivity contribution in [3.63, 3.8) is 0 Å². The summed E-state index contributed by atoms with van der Waals surface area (Å²) in [5.74, 6) is 0.417. The normalized spacial score (nSPS) is 25.1. The monoisotopic (exact) mass is 267 g/mol. The van der Waals surface area contributed by atoms with Crippen molar-refractivity contribution in [2.75, 3.05) is 13.7 Å². The number of rotatable bonds is 3. The number of likely N-dealkylation sites (tertiary alicyclic amines) is 1. The molecule has 1 atom stereocenters. The Balaban J connectivity index is 1.89. The number of nitrogens with zero attached hydrogens (tertiary/aromatic N) is 1. The molecule has 0 aromatic rings. The van der Waals surface area contributed by atoms with Crippen LogP contribution < -0.4 is 0 Å². The lowest BCUT2D eigenvalue weighted by Gasteiger charge is -2.24. The van der Waals surface area contributed by atoms with E-state index in [1.54, 1.807) is 4.90 Å². The summed E-state index contributed by atoms with van der Waals surface area (Å²) < 4.78 is 4.79. The highest BCUT2D eigenvalue weighted by Crippen LogP contribution is 2.28. The molecule has 0 radical (unpaired) electrons. The lowest BCUT2D eigenvalue weighted by atomic mass is 9.96. The van der Waals surface area contributed by atoms with Crippen LogP contribution in [0.2, 0.25) is 0 Å². The van der Waals surface area contributed by atoms with E-state index in [2.05, 4.69) is 0 Å². The van der Waals surface area contributed by atoms with E-state index in [0.29, 0.717) is 18.9 Å². The number of carbonyl (C=O) groups is 2. The predicted molar refractivity (Wildman–Crippen MR) is 72.6 cm³/mol. The van der Waals surface area contributed by atoms with Gasteiger partial charge in [0.2, 0.25) is 5.91 Å². The van der Waals surface area contributed by atoms with Crippen molar-refractivity contribution >= 4 is 11.9 Å². The summed E-state index contributed by atoms with van der Waals surface area (Å²) in [5, 5.41) is 0. The standard InChI is InChI=1S/C15H25NO3/c1-19-15(18)13-9-6-10-16(13)14(17)11-12-7-4-2-3-5-8-12/h12-13H,2-11H2,1H3. The average molecular weight is 267 g/mol. The lowest BCUT2D eigenvalue weighted by Crippen LogP contribution is -2.41. The quantitative estimate of drug-likeness (QED) is 0.583. The molecule has 2 fully saturated rings. The van der Waals surface area contributed by atoms with Crippen LogP contribution in [0.4, 0.5) is 0 Å². The minimum absolute atomic E-state index is 0.153. The summed E-state index contributed by atoms with van der Waals surface area (Å²) in [6.45, 7) is 0.714. The topological polar surface area (TPSA) is 46.6 Å². The number of carbonyl (C=O) groups excluding carboxylic acids is 2. The fraction of sp³-hybridized carbons (Fsp3) is 0.867. The first-order chi connectivity index (χ1) is 9.22. The minimum atomic E-state index is -0.330. The smallest absolute Gasteiger partial charge is 0.328 e. The van der Waals surface area contributed by atoms with Gasteiger partial charge in [0, 0.05) is 13.0 Å². The largest absolute Gasteiger partial charge is 0.467 e. The zero-order valence-electron chi connectivity index (χ0n) is 11.9. The number of amides is 1. The minimum Gasteiger partial charge on any atom is -0.467 e. The number of methoxy groups -OCH3 is 1. The first-order valence-electron chi connectivity index (χ1n) is 7.59. The molecule has 2 rings (SSSR count). The van der Waals surface area contributed by atoms with Crippen LogP contribution >= 0.6 is 0 Å². The van der Waals surface area contributed by atoms with Gasteiger partial charge in [-0.3, -0.25) is 4.79 Å². The van der Waals surface area contributed by atoms with Crippen molar-refractivity contribution in [2.45, 2.75) is 63.8 Å². The Bertz CT molecular complexity index is 321. The van der Waals surface area contributed by atoms with Crippen molar-refractivity contribution in [3.8, 4) is 0 Å². The van der Waals surface area contributed by atoms with E-state index in [-0.39, 0.29) is 17.9 Å². The molecule has 1 aliphatic carbocycles. The molecule has 1 saturated carbocycles. The molecule has 2 aliphatic rings. The second-order valence-electron chi connectivity index (χ2n) is 5.83. The SMILES string of the molecule is COC(=O)C1CCCN1C(=O)CC1CCCCCC1. The number of hydrogen-bond acceptors (Lipinski definition) is 3. The third kappa shape index (κ3) is 3.71. The van der Waals surface area contributed by atoms with Crippen LogP contribution in [0.25, 0.3) is 0 Å². The van der Waals surface area contributed by atoms with Crippen molar-refractivity contribution in [2.24, 2.45) is 5.92 Å². The molecule has 0 spiro atoms. The van der Waals surface area contributed by atoms with Crippen molar-refractivity contribution < 1.29 is 14.3 Å². The second kappa shape index (κ2) is 6.92. The van der Waals surface area contributed by atoms with Crippen LogP contribution in [-0.4, -0.2) is 36.5 Å². The highest BCUT2D eigenvalue weighted by molar-refractivity contribution is 5.85. The molecule has 1 amide bonds. The van der Waals surface area contributed by atoms with Gasteiger partial charge in [-0.15, -0.1) is 0 Å². The van der Waals surface area contributed by atoms with Crippen LogP contribution in [0.15, 0.2) is 0 Å². The number of esters is 1. The summed E-state index contributed by atoms with van der Waals surface area (Å²) in [6.07, 6.45) is 9.73. The van der Waals surface area contributed by atoms with E-state index in [1.807, 2.05) is 0 Å². The zero-order chi connectivity index (χ0) is 13.7. The predicted octanol–water partition coefficient (Wildman–Crippen LogP) is 2.51. The van der Waals surface area contributed by atoms with Crippen molar-refractivity contribution in [1.82, 2.24) is 4.90 Å². The fourth-order valence-electron chi connectivity index (χ4n) is 3.38. The van der Waals surface area contributed by atoms with E-state index < -0.39 is 0 Å². The maximum absolute atomic E-state index is 12.4. The highest BCUT2D eigenvalue weighted by Gasteiger charge is 2.35. The molecule has 108 valence electrons. The molecule has 0 aromatic carbocycles. The van der Waals surface area contributed by atoms with E-state index in [9.17, 15) is 9.59 Å². The molecule has 19 heavy (non-hydrogen) atoms. The summed E-state index contributed by atoms with van der Waals surface area (Å²) in [7, 11) is 1.40. The van der Waals surface area contributed by atoms with Crippen LogP contribution in [0.3, 0.4) is 0 Å². The van der Waals surface area contributed by atoms with Gasteiger partial charge in [0.15, 0.2) is 0 Å². The van der Waals surface area contributed by atoms with Gasteiger partial charge in [0.25, 0.3) is 0 Å². The van der Waals surface area contributed by atoms with Crippen molar-refractivity contribution in [1.29, 1.82) is 0 Å². The molecule has 1 unspecified atom stereocenters. The zero-order valence-corrected chi connectivity index (χ0v) is 11.9. The molecule has 4 nitrogen and oxygen atoms in total. The fourth-order valence-corrected chi connectivity index (χ4v) is 3.38. The average Bonchev–Trinajstić information content (AvgIpc) is 2.77. The molecule has 4 heteroatoms. The Morgan fingerprint density at radius 3 is 2.37 bits per heavy atom. The molecule has 1 heterocycles. The van der Waals surface area contributed by atoms with Gasteiger partial charge >= 0.3 is 5.97 Å². The summed E-state index contributed by atoms with van der Waals surface area (Å²) in [6, 6.07) is -0.330. The summed E-state index contributed by atoms with van der Waals surface area (Å²) in [5.41, 5.74) is 0. The maximum atomic E-state index is 12.4. The van der Waals surface area contributed by atoms with E-state index in [4.69, 9.17) is 4.74 Å². The summed E-state index contributed by atoms with van der Waals surface area (Å²) in [4.78, 5) is 25.8. The Morgan fingerprint density at radius 1 is 1.05 bits per heavy atom. The van der Waals surface area contributed by atoms with Crippen LogP contribution in [-0.2, 0) is 14.3 Å². The lowest BCUT2D eigenvalue weighted by molar-refractivity contribution is -0.151. The molecule has 0 aromatic heterocycles. The van der Waals surface area contributed by atoms with Crippen LogP contribution in [0.5, 0.6) is 0 Å². The summed E-state index contributed by atoms with van der Waals surface area (Å²) >= 11 is 0. The van der Waals surface area contributed by atoms with Gasteiger partial charge in [-0.2, -0.15) is 0 Å². The van der Waals surface area contributed by atoms with Crippen LogP contribution in [0.1, 0.15) is 57.8 Å². The van der Waals surface area contributed by atoms with Gasteiger partial charge in [0.1, 0.15) is 6.04 Å². The molecule has 1 aliphatic heterocycles. The Labute approximate surface area is 115 Å². The number of ether oxygens (including phenoxy) is 1. The molecule has 1 saturated heterocycles. The van der Waals surface area contributed by atoms with Crippen LogP contribution in [0, 0.1) is 5.92 Å². The van der Waals surface area contributed by atoms with Gasteiger partial charge in [-0.25, -0.2) is 4.79 Å². The second-order valence-corrected chi connectivity index (χ2v) is 5.83. The van der Waals surface area contributed by atoms with E-state index in [0.717, 1.165) is 12.8 Å². The first-order valence-corrected chi connectivity index (χ1v) is 7.59. The first kappa shape index (κ1) is 14.4. The third-order valence-electron chi connectivity index (χ3n) is 4.48. The Morgan fingerprint density at radius 2 is 1.74 bits per heavy atom. The number of hydrogen-bond donors (Lipinski definition) is 0. The van der Waals surface area contributed by atoms with Crippen molar-refractivity contribution in [3.05, 3.63) is 0 Å². The molecular formula is C15H25NO3. The Hall–Kier alpha value is -1.06. The Kier molecular flexibility index (Phi) is 5.23. The highest BCUT2D eigenvalue weighted by atomic mass is 16.5. The molecule has 0 bridgehead atoms. The van der Waals surface area contributed by atoms with Gasteiger partial charge in [0.05, 0.1) is 7.11 Å². The molecular weight excluding hydrogens is 242 g/mol. The van der Waals surface area contributed by atoms with Gasteiger partial charge < -0.3 is 9.64 Å². The molecule has 0 N–H and O–H groups in total. The third-order valence-corrected chi connectivity index (χ3v) is 4.48. The van der Waals surface area contributed by atoms with Gasteiger partial charge in [-0.05, 0) is 31.6 Å².